The predicted octanol–water partition coefficient (Wildman–Crippen LogP) is 3.10. The van der Waals surface area contributed by atoms with Gasteiger partial charge < -0.3 is 19.8 Å². The smallest absolute Gasteiger partial charge is 0.407 e. The second kappa shape index (κ2) is 10.9. The second-order valence-electron chi connectivity index (χ2n) is 11.1. The lowest BCUT2D eigenvalue weighted by molar-refractivity contribution is -0.136. The minimum Gasteiger partial charge on any atom is -0.465 e. The Bertz CT molecular complexity index is 1370. The zero-order valence-corrected chi connectivity index (χ0v) is 23.7. The Labute approximate surface area is 235 Å². The third-order valence-electron chi connectivity index (χ3n) is 8.75. The average Bonchev–Trinajstić information content (AvgIpc) is 3.44. The van der Waals surface area contributed by atoms with Gasteiger partial charge in [0.25, 0.3) is 5.91 Å². The highest BCUT2D eigenvalue weighted by Gasteiger charge is 2.57. The summed E-state index contributed by atoms with van der Waals surface area (Å²) < 4.78 is 23.6. The van der Waals surface area contributed by atoms with E-state index in [0.717, 1.165) is 18.4 Å². The van der Waals surface area contributed by atoms with Crippen LogP contribution in [0.25, 0.3) is 0 Å². The summed E-state index contributed by atoms with van der Waals surface area (Å²) in [5, 5.41) is 9.64. The van der Waals surface area contributed by atoms with Crippen LogP contribution in [0.3, 0.4) is 0 Å². The summed E-state index contributed by atoms with van der Waals surface area (Å²) in [5.74, 6) is 0.0491. The normalized spacial score (nSPS) is 23.4. The number of imide groups is 1. The predicted molar refractivity (Wildman–Crippen MR) is 149 cm³/mol. The molecule has 214 valence electrons. The van der Waals surface area contributed by atoms with Crippen molar-refractivity contribution in [3.05, 3.63) is 65.7 Å². The second-order valence-corrected chi connectivity index (χ2v) is 13.1. The molecule has 2 aromatic carbocycles. The van der Waals surface area contributed by atoms with Crippen LogP contribution in [0.15, 0.2) is 59.5 Å². The number of hydrogen-bond acceptors (Lipinski definition) is 6. The highest BCUT2D eigenvalue weighted by Crippen LogP contribution is 2.39. The zero-order chi connectivity index (χ0) is 28.7. The van der Waals surface area contributed by atoms with E-state index in [1.165, 1.54) is 21.9 Å². The molecule has 1 spiro atoms. The summed E-state index contributed by atoms with van der Waals surface area (Å²) in [4.78, 5) is 45.9. The molecule has 0 bridgehead atoms. The number of carbonyl (C=O) groups excluding carboxylic acids is 2. The molecule has 1 N–H and O–H groups in total. The van der Waals surface area contributed by atoms with E-state index in [4.69, 9.17) is 0 Å². The molecule has 5 rings (SSSR count). The maximum absolute atomic E-state index is 13.8. The molecule has 0 saturated carbocycles. The van der Waals surface area contributed by atoms with E-state index in [1.54, 1.807) is 17.0 Å². The van der Waals surface area contributed by atoms with Crippen molar-refractivity contribution in [2.45, 2.75) is 42.7 Å². The van der Waals surface area contributed by atoms with Crippen LogP contribution in [0, 0.1) is 5.92 Å². The number of rotatable bonds is 7. The molecule has 0 aliphatic carbocycles. The lowest BCUT2D eigenvalue weighted by Gasteiger charge is -2.42. The van der Waals surface area contributed by atoms with Crippen molar-refractivity contribution < 1.29 is 27.9 Å². The molecule has 2 aromatic rings. The van der Waals surface area contributed by atoms with Crippen molar-refractivity contribution in [3.63, 3.8) is 0 Å². The fourth-order valence-corrected chi connectivity index (χ4v) is 7.23. The minimum atomic E-state index is -3.34. The van der Waals surface area contributed by atoms with Crippen LogP contribution in [0.4, 0.5) is 9.59 Å². The number of carboxylic acid groups (broad SMARTS) is 1. The van der Waals surface area contributed by atoms with Gasteiger partial charge in [0.1, 0.15) is 5.54 Å². The average molecular weight is 569 g/mol. The first-order valence-corrected chi connectivity index (χ1v) is 15.6. The number of likely N-dealkylation sites (N-methyl/N-ethyl adjacent to an activating group) is 1. The standard InChI is InChI=1S/C29H36N4O6S/c1-3-33-27(35)32(17-21-9-11-24(12-10-21)40(2,38)39)26(34)29(33)13-15-30(16-14-29)18-23-19-31(28(36)37)20-25(23)22-7-5-4-6-8-22/h4-12,23,25H,3,13-20H2,1-2H3,(H,36,37)/t23-,25+/m0/s1. The van der Waals surface area contributed by atoms with Gasteiger partial charge in [0, 0.05) is 51.4 Å². The Balaban J connectivity index is 1.27. The van der Waals surface area contributed by atoms with E-state index in [1.807, 2.05) is 25.1 Å². The molecule has 3 saturated heterocycles. The Kier molecular flexibility index (Phi) is 7.62. The van der Waals surface area contributed by atoms with E-state index in [2.05, 4.69) is 17.0 Å². The fraction of sp³-hybridized carbons (Fsp3) is 0.483. The Morgan fingerprint density at radius 2 is 1.65 bits per heavy atom. The molecule has 40 heavy (non-hydrogen) atoms. The topological polar surface area (TPSA) is 119 Å². The zero-order valence-electron chi connectivity index (χ0n) is 22.9. The van der Waals surface area contributed by atoms with Crippen LogP contribution in [-0.4, -0.2) is 102 Å². The van der Waals surface area contributed by atoms with Gasteiger partial charge in [-0.1, -0.05) is 42.5 Å². The lowest BCUT2D eigenvalue weighted by atomic mass is 9.84. The van der Waals surface area contributed by atoms with Crippen LogP contribution in [0.1, 0.15) is 36.8 Å². The summed E-state index contributed by atoms with van der Waals surface area (Å²) in [6.07, 6.45) is 1.27. The van der Waals surface area contributed by atoms with Gasteiger partial charge in [-0.3, -0.25) is 9.69 Å². The molecule has 3 heterocycles. The van der Waals surface area contributed by atoms with E-state index in [0.29, 0.717) is 51.1 Å². The number of amides is 4. The third kappa shape index (κ3) is 5.19. The van der Waals surface area contributed by atoms with Crippen molar-refractivity contribution >= 4 is 27.9 Å². The van der Waals surface area contributed by atoms with Crippen LogP contribution in [0.2, 0.25) is 0 Å². The summed E-state index contributed by atoms with van der Waals surface area (Å²) in [5.41, 5.74) is 0.936. The highest BCUT2D eigenvalue weighted by atomic mass is 32.2. The van der Waals surface area contributed by atoms with E-state index >= 15 is 0 Å². The minimum absolute atomic E-state index is 0.0928. The third-order valence-corrected chi connectivity index (χ3v) is 9.87. The van der Waals surface area contributed by atoms with Crippen LogP contribution in [-0.2, 0) is 21.2 Å². The van der Waals surface area contributed by atoms with Crippen LogP contribution >= 0.6 is 0 Å². The van der Waals surface area contributed by atoms with Gasteiger partial charge in [-0.25, -0.2) is 18.0 Å². The van der Waals surface area contributed by atoms with Gasteiger partial charge in [-0.2, -0.15) is 0 Å². The summed E-state index contributed by atoms with van der Waals surface area (Å²) in [7, 11) is -3.34. The van der Waals surface area contributed by atoms with Crippen molar-refractivity contribution in [1.82, 2.24) is 19.6 Å². The molecule has 10 nitrogen and oxygen atoms in total. The molecule has 3 aliphatic heterocycles. The highest BCUT2D eigenvalue weighted by molar-refractivity contribution is 7.90. The molecule has 4 amide bonds. The molecule has 0 radical (unpaired) electrons. The Morgan fingerprint density at radius 1 is 1.00 bits per heavy atom. The maximum atomic E-state index is 13.8. The quantitative estimate of drug-likeness (QED) is 0.510. The molecule has 2 atom stereocenters. The number of hydrogen-bond donors (Lipinski definition) is 1. The van der Waals surface area contributed by atoms with E-state index in [9.17, 15) is 27.9 Å². The number of likely N-dealkylation sites (tertiary alicyclic amines) is 2. The summed E-state index contributed by atoms with van der Waals surface area (Å²) >= 11 is 0. The summed E-state index contributed by atoms with van der Waals surface area (Å²) in [6.45, 7) is 5.33. The molecule has 3 fully saturated rings. The first-order chi connectivity index (χ1) is 19.0. The molecule has 3 aliphatic rings. The lowest BCUT2D eigenvalue weighted by Crippen LogP contribution is -2.57. The molecular formula is C29H36N4O6S. The first kappa shape index (κ1) is 28.1. The van der Waals surface area contributed by atoms with Crippen molar-refractivity contribution in [3.8, 4) is 0 Å². The summed E-state index contributed by atoms with van der Waals surface area (Å²) in [6, 6.07) is 16.0. The van der Waals surface area contributed by atoms with Gasteiger partial charge in [-0.15, -0.1) is 0 Å². The largest absolute Gasteiger partial charge is 0.465 e. The van der Waals surface area contributed by atoms with Crippen molar-refractivity contribution in [2.24, 2.45) is 5.92 Å². The van der Waals surface area contributed by atoms with Gasteiger partial charge in [0.05, 0.1) is 11.4 Å². The van der Waals surface area contributed by atoms with Crippen molar-refractivity contribution in [1.29, 1.82) is 0 Å². The Hall–Kier alpha value is -3.44. The number of benzene rings is 2. The van der Waals surface area contributed by atoms with Gasteiger partial charge >= 0.3 is 12.1 Å². The number of carbonyl (C=O) groups is 3. The molecule has 0 unspecified atom stereocenters. The van der Waals surface area contributed by atoms with Gasteiger partial charge in [0.2, 0.25) is 0 Å². The SMILES string of the molecule is CCN1C(=O)N(Cc2ccc(S(C)(=O)=O)cc2)C(=O)C12CCN(C[C@H]1CN(C(=O)O)C[C@@H]1c1ccccc1)CC2. The molecule has 11 heteroatoms. The number of urea groups is 1. The number of piperidine rings is 1. The van der Waals surface area contributed by atoms with Gasteiger partial charge in [0.15, 0.2) is 9.84 Å². The van der Waals surface area contributed by atoms with E-state index < -0.39 is 21.5 Å². The number of nitrogens with zero attached hydrogens (tertiary/aromatic N) is 4. The Morgan fingerprint density at radius 3 is 2.23 bits per heavy atom. The van der Waals surface area contributed by atoms with Crippen LogP contribution < -0.4 is 0 Å². The molecule has 0 aromatic heterocycles. The monoisotopic (exact) mass is 568 g/mol. The van der Waals surface area contributed by atoms with E-state index in [-0.39, 0.29) is 35.2 Å². The maximum Gasteiger partial charge on any atom is 0.407 e. The first-order valence-electron chi connectivity index (χ1n) is 13.7. The fourth-order valence-electron chi connectivity index (χ4n) is 6.60. The van der Waals surface area contributed by atoms with Gasteiger partial charge in [-0.05, 0) is 48.9 Å². The molecular weight excluding hydrogens is 532 g/mol. The van der Waals surface area contributed by atoms with Crippen molar-refractivity contribution in [2.75, 3.05) is 45.5 Å². The van der Waals surface area contributed by atoms with Crippen LogP contribution in [0.5, 0.6) is 0 Å². The number of sulfone groups is 1.